The van der Waals surface area contributed by atoms with Crippen molar-refractivity contribution < 1.29 is 14.3 Å². The minimum atomic E-state index is -0.190. The highest BCUT2D eigenvalue weighted by Crippen LogP contribution is 2.25. The van der Waals surface area contributed by atoms with Crippen LogP contribution in [0.25, 0.3) is 10.9 Å². The fourth-order valence-electron chi connectivity index (χ4n) is 3.29. The molecule has 26 heavy (non-hydrogen) atoms. The van der Waals surface area contributed by atoms with Gasteiger partial charge in [0.15, 0.2) is 5.78 Å². The number of ketones is 1. The number of benzene rings is 2. The first kappa shape index (κ1) is 16.3. The highest BCUT2D eigenvalue weighted by atomic mass is 16.5. The van der Waals surface area contributed by atoms with E-state index < -0.39 is 0 Å². The molecule has 0 saturated heterocycles. The van der Waals surface area contributed by atoms with E-state index in [1.54, 1.807) is 37.4 Å². The van der Waals surface area contributed by atoms with E-state index in [-0.39, 0.29) is 11.7 Å². The lowest BCUT2D eigenvalue weighted by Gasteiger charge is -2.16. The van der Waals surface area contributed by atoms with Crippen molar-refractivity contribution in [3.63, 3.8) is 0 Å². The Morgan fingerprint density at radius 3 is 2.81 bits per heavy atom. The Bertz CT molecular complexity index is 1030. The van der Waals surface area contributed by atoms with E-state index in [4.69, 9.17) is 4.74 Å². The van der Waals surface area contributed by atoms with Crippen LogP contribution in [0.1, 0.15) is 39.1 Å². The van der Waals surface area contributed by atoms with Crippen LogP contribution >= 0.6 is 0 Å². The lowest BCUT2D eigenvalue weighted by atomic mass is 9.90. The van der Waals surface area contributed by atoms with Gasteiger partial charge < -0.3 is 10.1 Å². The van der Waals surface area contributed by atoms with E-state index in [9.17, 15) is 9.59 Å². The van der Waals surface area contributed by atoms with Crippen LogP contribution < -0.4 is 10.1 Å². The fourth-order valence-corrected chi connectivity index (χ4v) is 3.29. The summed E-state index contributed by atoms with van der Waals surface area (Å²) < 4.78 is 5.12. The van der Waals surface area contributed by atoms with E-state index >= 15 is 0 Å². The molecule has 5 nitrogen and oxygen atoms in total. The third-order valence-electron chi connectivity index (χ3n) is 4.65. The number of fused-ring (bicyclic) bond motifs is 2. The van der Waals surface area contributed by atoms with Gasteiger partial charge in [-0.1, -0.05) is 0 Å². The van der Waals surface area contributed by atoms with E-state index in [1.165, 1.54) is 0 Å². The molecule has 3 aromatic rings. The number of carbonyl (C=O) groups is 2. The summed E-state index contributed by atoms with van der Waals surface area (Å²) in [5.74, 6) is 0.532. The minimum Gasteiger partial charge on any atom is -0.481 e. The summed E-state index contributed by atoms with van der Waals surface area (Å²) in [7, 11) is 1.57. The molecule has 1 heterocycles. The molecule has 5 heteroatoms. The van der Waals surface area contributed by atoms with E-state index in [2.05, 4.69) is 10.3 Å². The van der Waals surface area contributed by atoms with Gasteiger partial charge in [-0.05, 0) is 60.9 Å². The number of carbonyl (C=O) groups excluding carboxylic acids is 2. The van der Waals surface area contributed by atoms with E-state index in [1.807, 2.05) is 18.2 Å². The average molecular weight is 346 g/mol. The molecular formula is C21H18N2O3. The molecule has 1 N–H and O–H groups in total. The third kappa shape index (κ3) is 3.04. The van der Waals surface area contributed by atoms with Gasteiger partial charge in [0.25, 0.3) is 5.91 Å². The lowest BCUT2D eigenvalue weighted by molar-refractivity contribution is 0.0971. The van der Waals surface area contributed by atoms with Gasteiger partial charge in [0.1, 0.15) is 0 Å². The summed E-state index contributed by atoms with van der Waals surface area (Å²) in [6.07, 6.45) is 2.34. The SMILES string of the molecule is COc1ccc2cc(C(=O)Nc3ccc4c(c3)CCCC4=O)ccc2n1. The van der Waals surface area contributed by atoms with Crippen LogP contribution in [0.5, 0.6) is 5.88 Å². The van der Waals surface area contributed by atoms with E-state index in [0.29, 0.717) is 23.6 Å². The van der Waals surface area contributed by atoms with Crippen LogP contribution in [0.15, 0.2) is 48.5 Å². The zero-order chi connectivity index (χ0) is 18.1. The maximum atomic E-state index is 12.6. The molecule has 0 saturated carbocycles. The van der Waals surface area contributed by atoms with Crippen LogP contribution in [-0.4, -0.2) is 23.8 Å². The Morgan fingerprint density at radius 1 is 1.08 bits per heavy atom. The second-order valence-corrected chi connectivity index (χ2v) is 6.36. The number of methoxy groups -OCH3 is 1. The molecular weight excluding hydrogens is 328 g/mol. The highest BCUT2D eigenvalue weighted by molar-refractivity contribution is 6.06. The van der Waals surface area contributed by atoms with Gasteiger partial charge in [-0.3, -0.25) is 9.59 Å². The van der Waals surface area contributed by atoms with E-state index in [0.717, 1.165) is 34.9 Å². The van der Waals surface area contributed by atoms with Crippen molar-refractivity contribution in [2.24, 2.45) is 0 Å². The molecule has 2 aromatic carbocycles. The number of hydrogen-bond acceptors (Lipinski definition) is 4. The Balaban J connectivity index is 1.58. The number of Topliss-reactive ketones (excluding diaryl/α,β-unsaturated/α-hetero) is 1. The maximum absolute atomic E-state index is 12.6. The number of pyridine rings is 1. The van der Waals surface area contributed by atoms with Gasteiger partial charge >= 0.3 is 0 Å². The number of amides is 1. The molecule has 0 fully saturated rings. The first-order valence-electron chi connectivity index (χ1n) is 8.56. The zero-order valence-electron chi connectivity index (χ0n) is 14.4. The number of rotatable bonds is 3. The first-order valence-corrected chi connectivity index (χ1v) is 8.56. The van der Waals surface area contributed by atoms with Gasteiger partial charge in [0.2, 0.25) is 5.88 Å². The summed E-state index contributed by atoms with van der Waals surface area (Å²) in [6, 6.07) is 14.5. The number of anilines is 1. The van der Waals surface area contributed by atoms with Crippen LogP contribution in [0, 0.1) is 0 Å². The number of nitrogens with zero attached hydrogens (tertiary/aromatic N) is 1. The summed E-state index contributed by atoms with van der Waals surface area (Å²) in [5.41, 5.74) is 3.82. The van der Waals surface area contributed by atoms with Crippen molar-refractivity contribution in [3.8, 4) is 5.88 Å². The number of hydrogen-bond donors (Lipinski definition) is 1. The second kappa shape index (κ2) is 6.59. The largest absolute Gasteiger partial charge is 0.481 e. The van der Waals surface area contributed by atoms with Crippen LogP contribution in [0.3, 0.4) is 0 Å². The fraction of sp³-hybridized carbons (Fsp3) is 0.190. The first-order chi connectivity index (χ1) is 12.6. The number of aromatic nitrogens is 1. The summed E-state index contributed by atoms with van der Waals surface area (Å²) in [5, 5.41) is 3.78. The molecule has 0 atom stereocenters. The van der Waals surface area contributed by atoms with Gasteiger partial charge in [0, 0.05) is 34.7 Å². The van der Waals surface area contributed by atoms with Crippen molar-refractivity contribution in [3.05, 3.63) is 65.2 Å². The van der Waals surface area contributed by atoms with Crippen molar-refractivity contribution in [1.82, 2.24) is 4.98 Å². The molecule has 4 rings (SSSR count). The molecule has 1 aromatic heterocycles. The Labute approximate surface area is 151 Å². The van der Waals surface area contributed by atoms with Crippen molar-refractivity contribution in [2.75, 3.05) is 12.4 Å². The van der Waals surface area contributed by atoms with Crippen molar-refractivity contribution in [2.45, 2.75) is 19.3 Å². The van der Waals surface area contributed by atoms with Gasteiger partial charge in [0.05, 0.1) is 12.6 Å². The van der Waals surface area contributed by atoms with Crippen LogP contribution in [-0.2, 0) is 6.42 Å². The third-order valence-corrected chi connectivity index (χ3v) is 4.65. The monoisotopic (exact) mass is 346 g/mol. The van der Waals surface area contributed by atoms with Crippen LogP contribution in [0.2, 0.25) is 0 Å². The Morgan fingerprint density at radius 2 is 1.96 bits per heavy atom. The average Bonchev–Trinajstić information content (AvgIpc) is 2.67. The predicted molar refractivity (Wildman–Crippen MR) is 100.0 cm³/mol. The van der Waals surface area contributed by atoms with Crippen molar-refractivity contribution >= 4 is 28.3 Å². The Hall–Kier alpha value is -3.21. The lowest BCUT2D eigenvalue weighted by Crippen LogP contribution is -2.14. The molecule has 0 spiro atoms. The standard InChI is InChI=1S/C21H18N2O3/c1-26-20-10-6-14-11-15(5-9-18(14)23-20)21(25)22-16-7-8-17-13(12-16)3-2-4-19(17)24/h5-12H,2-4H2,1H3,(H,22,25). The molecule has 130 valence electrons. The smallest absolute Gasteiger partial charge is 0.255 e. The van der Waals surface area contributed by atoms with Crippen LogP contribution in [0.4, 0.5) is 5.69 Å². The number of ether oxygens (including phenoxy) is 1. The summed E-state index contributed by atoms with van der Waals surface area (Å²) in [4.78, 5) is 28.8. The summed E-state index contributed by atoms with van der Waals surface area (Å²) in [6.45, 7) is 0. The number of nitrogens with one attached hydrogen (secondary N) is 1. The van der Waals surface area contributed by atoms with Gasteiger partial charge in [-0.2, -0.15) is 0 Å². The zero-order valence-corrected chi connectivity index (χ0v) is 14.4. The predicted octanol–water partition coefficient (Wildman–Crippen LogP) is 4.01. The molecule has 1 amide bonds. The molecule has 0 radical (unpaired) electrons. The number of aryl methyl sites for hydroxylation is 1. The maximum Gasteiger partial charge on any atom is 0.255 e. The second-order valence-electron chi connectivity index (χ2n) is 6.36. The van der Waals surface area contributed by atoms with Gasteiger partial charge in [-0.25, -0.2) is 4.98 Å². The molecule has 1 aliphatic carbocycles. The normalized spacial score (nSPS) is 13.3. The molecule has 0 aliphatic heterocycles. The summed E-state index contributed by atoms with van der Waals surface area (Å²) >= 11 is 0. The minimum absolute atomic E-state index is 0.182. The molecule has 0 bridgehead atoms. The van der Waals surface area contributed by atoms with Crippen molar-refractivity contribution in [1.29, 1.82) is 0 Å². The molecule has 0 unspecified atom stereocenters. The van der Waals surface area contributed by atoms with Gasteiger partial charge in [-0.15, -0.1) is 0 Å². The molecule has 1 aliphatic rings. The topological polar surface area (TPSA) is 68.3 Å². The quantitative estimate of drug-likeness (QED) is 0.778. The highest BCUT2D eigenvalue weighted by Gasteiger charge is 2.17. The Kier molecular flexibility index (Phi) is 4.13.